The van der Waals surface area contributed by atoms with E-state index in [0.717, 1.165) is 33.5 Å². The van der Waals surface area contributed by atoms with Crippen LogP contribution in [0.5, 0.6) is 0 Å². The first-order chi connectivity index (χ1) is 14.6. The van der Waals surface area contributed by atoms with Crippen LogP contribution in [0.2, 0.25) is 0 Å². The summed E-state index contributed by atoms with van der Waals surface area (Å²) in [5.74, 6) is 0.578. The highest BCUT2D eigenvalue weighted by molar-refractivity contribution is 9.10. The number of rotatable bonds is 5. The van der Waals surface area contributed by atoms with Crippen molar-refractivity contribution in [2.45, 2.75) is 17.7 Å². The Labute approximate surface area is 187 Å². The number of aromatic amines is 1. The lowest BCUT2D eigenvalue weighted by Crippen LogP contribution is -2.43. The summed E-state index contributed by atoms with van der Waals surface area (Å²) in [6, 6.07) is 19.1. The van der Waals surface area contributed by atoms with Gasteiger partial charge in [0.1, 0.15) is 10.9 Å². The van der Waals surface area contributed by atoms with Crippen LogP contribution in [0.4, 0.5) is 0 Å². The number of hydrogen-bond donors (Lipinski definition) is 3. The van der Waals surface area contributed by atoms with E-state index in [4.69, 9.17) is 0 Å². The van der Waals surface area contributed by atoms with Crippen molar-refractivity contribution >= 4 is 39.5 Å². The zero-order chi connectivity index (χ0) is 20.9. The van der Waals surface area contributed by atoms with E-state index in [9.17, 15) is 9.59 Å². The van der Waals surface area contributed by atoms with Crippen LogP contribution in [0.3, 0.4) is 0 Å². The van der Waals surface area contributed by atoms with Gasteiger partial charge in [-0.2, -0.15) is 5.10 Å². The molecule has 1 aromatic heterocycles. The van der Waals surface area contributed by atoms with Gasteiger partial charge < -0.3 is 10.6 Å². The number of carbonyl (C=O) groups excluding carboxylic acids is 2. The van der Waals surface area contributed by atoms with Gasteiger partial charge in [0.15, 0.2) is 0 Å². The number of nitrogens with one attached hydrogen (secondary N) is 3. The Bertz CT molecular complexity index is 1020. The van der Waals surface area contributed by atoms with Crippen LogP contribution in [-0.2, 0) is 4.79 Å². The molecular formula is C22H21BrN4O2S. The van der Waals surface area contributed by atoms with Crippen LogP contribution in [0, 0.1) is 0 Å². The zero-order valence-electron chi connectivity index (χ0n) is 16.1. The Kier molecular flexibility index (Phi) is 6.54. The largest absolute Gasteiger partial charge is 0.350 e. The fourth-order valence-electron chi connectivity index (χ4n) is 3.30. The topological polar surface area (TPSA) is 86.9 Å². The Hall–Kier alpha value is -2.58. The molecule has 30 heavy (non-hydrogen) atoms. The van der Waals surface area contributed by atoms with Gasteiger partial charge in [-0.25, -0.2) is 0 Å². The molecule has 0 unspecified atom stereocenters. The molecule has 4 rings (SSSR count). The monoisotopic (exact) mass is 484 g/mol. The highest BCUT2D eigenvalue weighted by Gasteiger charge is 2.27. The smallest absolute Gasteiger partial charge is 0.269 e. The van der Waals surface area contributed by atoms with Gasteiger partial charge in [0, 0.05) is 22.6 Å². The van der Waals surface area contributed by atoms with Crippen molar-refractivity contribution in [2.75, 3.05) is 12.3 Å². The molecule has 0 spiro atoms. The van der Waals surface area contributed by atoms with Gasteiger partial charge in [-0.3, -0.25) is 14.7 Å². The molecule has 154 valence electrons. The van der Waals surface area contributed by atoms with Crippen molar-refractivity contribution in [3.8, 4) is 11.3 Å². The van der Waals surface area contributed by atoms with Crippen LogP contribution in [0.15, 0.2) is 65.1 Å². The standard InChI is InChI=1S/C22H21BrN4O2S/c23-16-8-6-15(7-9-16)20-22(29)25-17(10-11-30-20)13-24-21(28)19-12-18(26-27-19)14-4-2-1-3-5-14/h1-9,12,17,20H,10-11,13H2,(H,24,28)(H,25,29)(H,26,27)/t17-,20+/m0/s1. The Morgan fingerprint density at radius 2 is 1.93 bits per heavy atom. The molecule has 1 aliphatic rings. The lowest BCUT2D eigenvalue weighted by Gasteiger charge is -2.17. The fraction of sp³-hybridized carbons (Fsp3) is 0.227. The Morgan fingerprint density at radius 3 is 2.70 bits per heavy atom. The molecule has 0 aliphatic carbocycles. The molecule has 0 radical (unpaired) electrons. The van der Waals surface area contributed by atoms with E-state index in [1.165, 1.54) is 0 Å². The van der Waals surface area contributed by atoms with Gasteiger partial charge in [0.05, 0.1) is 5.69 Å². The fourth-order valence-corrected chi connectivity index (χ4v) is 4.79. The zero-order valence-corrected chi connectivity index (χ0v) is 18.5. The number of thioether (sulfide) groups is 1. The molecule has 1 saturated heterocycles. The summed E-state index contributed by atoms with van der Waals surface area (Å²) in [5.41, 5.74) is 3.05. The number of hydrogen-bond acceptors (Lipinski definition) is 4. The average Bonchev–Trinajstić information content (AvgIpc) is 3.19. The molecule has 1 fully saturated rings. The predicted molar refractivity (Wildman–Crippen MR) is 122 cm³/mol. The number of benzene rings is 2. The van der Waals surface area contributed by atoms with E-state index in [2.05, 4.69) is 36.8 Å². The molecule has 2 amide bonds. The molecular weight excluding hydrogens is 464 g/mol. The van der Waals surface area contributed by atoms with Crippen molar-refractivity contribution in [2.24, 2.45) is 0 Å². The summed E-state index contributed by atoms with van der Waals surface area (Å²) in [4.78, 5) is 25.2. The van der Waals surface area contributed by atoms with Crippen molar-refractivity contribution in [3.63, 3.8) is 0 Å². The van der Waals surface area contributed by atoms with E-state index in [1.54, 1.807) is 17.8 Å². The first-order valence-electron chi connectivity index (χ1n) is 9.66. The van der Waals surface area contributed by atoms with Crippen molar-refractivity contribution in [1.82, 2.24) is 20.8 Å². The predicted octanol–water partition coefficient (Wildman–Crippen LogP) is 3.93. The molecule has 1 aliphatic heterocycles. The number of nitrogens with zero attached hydrogens (tertiary/aromatic N) is 1. The summed E-state index contributed by atoms with van der Waals surface area (Å²) in [7, 11) is 0. The first-order valence-corrected chi connectivity index (χ1v) is 11.5. The Morgan fingerprint density at radius 1 is 1.17 bits per heavy atom. The summed E-state index contributed by atoms with van der Waals surface area (Å²) in [5, 5.41) is 12.7. The number of amides is 2. The van der Waals surface area contributed by atoms with Crippen LogP contribution >= 0.6 is 27.7 Å². The molecule has 0 saturated carbocycles. The van der Waals surface area contributed by atoms with Gasteiger partial charge in [-0.1, -0.05) is 58.4 Å². The van der Waals surface area contributed by atoms with Crippen LogP contribution < -0.4 is 10.6 Å². The van der Waals surface area contributed by atoms with Gasteiger partial charge in [-0.05, 0) is 35.9 Å². The minimum atomic E-state index is -0.236. The SMILES string of the molecule is O=C(NC[C@@H]1CCS[C@H](c2ccc(Br)cc2)C(=O)N1)c1cc(-c2ccccc2)n[nH]1. The Balaban J connectivity index is 1.34. The van der Waals surface area contributed by atoms with Gasteiger partial charge in [0.2, 0.25) is 5.91 Å². The second-order valence-electron chi connectivity index (χ2n) is 7.04. The third kappa shape index (κ3) is 4.94. The maximum Gasteiger partial charge on any atom is 0.269 e. The average molecular weight is 485 g/mol. The maximum atomic E-state index is 12.7. The van der Waals surface area contributed by atoms with E-state index in [-0.39, 0.29) is 23.1 Å². The van der Waals surface area contributed by atoms with Crippen LogP contribution in [0.25, 0.3) is 11.3 Å². The van der Waals surface area contributed by atoms with Crippen molar-refractivity contribution in [1.29, 1.82) is 0 Å². The molecule has 2 atom stereocenters. The number of aromatic nitrogens is 2. The summed E-state index contributed by atoms with van der Waals surface area (Å²) < 4.78 is 0.986. The minimum Gasteiger partial charge on any atom is -0.350 e. The molecule has 0 bridgehead atoms. The number of H-pyrrole nitrogens is 1. The third-order valence-electron chi connectivity index (χ3n) is 4.91. The quantitative estimate of drug-likeness (QED) is 0.511. The normalized spacial score (nSPS) is 19.0. The highest BCUT2D eigenvalue weighted by Crippen LogP contribution is 2.32. The second kappa shape index (κ2) is 9.49. The molecule has 2 aromatic carbocycles. The molecule has 3 N–H and O–H groups in total. The summed E-state index contributed by atoms with van der Waals surface area (Å²) in [6.07, 6.45) is 0.794. The molecule has 3 aromatic rings. The number of carbonyl (C=O) groups is 2. The van der Waals surface area contributed by atoms with Crippen LogP contribution in [-0.4, -0.2) is 40.4 Å². The van der Waals surface area contributed by atoms with Crippen molar-refractivity contribution < 1.29 is 9.59 Å². The molecule has 2 heterocycles. The first kappa shape index (κ1) is 20.7. The van der Waals surface area contributed by atoms with E-state index in [0.29, 0.717) is 12.2 Å². The lowest BCUT2D eigenvalue weighted by atomic mass is 10.1. The van der Waals surface area contributed by atoms with Crippen LogP contribution in [0.1, 0.15) is 27.7 Å². The van der Waals surface area contributed by atoms with E-state index < -0.39 is 0 Å². The number of halogens is 1. The van der Waals surface area contributed by atoms with E-state index in [1.807, 2.05) is 54.6 Å². The van der Waals surface area contributed by atoms with Gasteiger partial charge in [0.25, 0.3) is 5.91 Å². The molecule has 6 nitrogen and oxygen atoms in total. The third-order valence-corrected chi connectivity index (χ3v) is 6.73. The summed E-state index contributed by atoms with van der Waals surface area (Å²) in [6.45, 7) is 0.373. The lowest BCUT2D eigenvalue weighted by molar-refractivity contribution is -0.121. The summed E-state index contributed by atoms with van der Waals surface area (Å²) >= 11 is 5.05. The van der Waals surface area contributed by atoms with E-state index >= 15 is 0 Å². The maximum absolute atomic E-state index is 12.7. The highest BCUT2D eigenvalue weighted by atomic mass is 79.9. The molecule has 8 heteroatoms. The minimum absolute atomic E-state index is 0.0213. The van der Waals surface area contributed by atoms with Gasteiger partial charge >= 0.3 is 0 Å². The van der Waals surface area contributed by atoms with Crippen molar-refractivity contribution in [3.05, 3.63) is 76.4 Å². The second-order valence-corrected chi connectivity index (χ2v) is 9.17. The van der Waals surface area contributed by atoms with Gasteiger partial charge in [-0.15, -0.1) is 11.8 Å².